The summed E-state index contributed by atoms with van der Waals surface area (Å²) >= 11 is 6.03. The minimum Gasteiger partial charge on any atom is -0.379 e. The van der Waals surface area contributed by atoms with E-state index < -0.39 is 0 Å². The zero-order chi connectivity index (χ0) is 21.2. The summed E-state index contributed by atoms with van der Waals surface area (Å²) in [5.41, 5.74) is 0.962. The molecule has 0 saturated carbocycles. The van der Waals surface area contributed by atoms with Crippen molar-refractivity contribution in [3.8, 4) is 0 Å². The predicted molar refractivity (Wildman–Crippen MR) is 137 cm³/mol. The van der Waals surface area contributed by atoms with Crippen molar-refractivity contribution in [2.24, 2.45) is 4.99 Å². The van der Waals surface area contributed by atoms with Crippen molar-refractivity contribution in [3.05, 3.63) is 34.9 Å². The molecule has 31 heavy (non-hydrogen) atoms. The highest BCUT2D eigenvalue weighted by atomic mass is 127. The topological polar surface area (TPSA) is 60.4 Å². The van der Waals surface area contributed by atoms with Gasteiger partial charge in [-0.25, -0.2) is 0 Å². The summed E-state index contributed by atoms with van der Waals surface area (Å²) in [6.07, 6.45) is 2.70. The molecular formula is C22H35ClIN5O2. The average molecular weight is 564 g/mol. The molecule has 2 saturated heterocycles. The molecule has 2 aliphatic heterocycles. The number of carbonyl (C=O) groups is 1. The summed E-state index contributed by atoms with van der Waals surface area (Å²) in [7, 11) is 1.83. The van der Waals surface area contributed by atoms with Gasteiger partial charge < -0.3 is 19.9 Å². The molecule has 0 spiro atoms. The fourth-order valence-corrected chi connectivity index (χ4v) is 4.13. The predicted octanol–water partition coefficient (Wildman–Crippen LogP) is 2.33. The third-order valence-electron chi connectivity index (χ3n) is 5.68. The zero-order valence-electron chi connectivity index (χ0n) is 18.4. The molecule has 0 atom stereocenters. The van der Waals surface area contributed by atoms with Crippen molar-refractivity contribution in [3.63, 3.8) is 0 Å². The number of unbranched alkanes of at least 4 members (excludes halogenated alkanes) is 1. The maximum Gasteiger partial charge on any atom is 0.227 e. The first-order chi connectivity index (χ1) is 14.7. The summed E-state index contributed by atoms with van der Waals surface area (Å²) < 4.78 is 5.39. The van der Waals surface area contributed by atoms with Crippen LogP contribution in [0, 0.1) is 0 Å². The summed E-state index contributed by atoms with van der Waals surface area (Å²) in [6, 6.07) is 7.53. The molecule has 0 aliphatic carbocycles. The largest absolute Gasteiger partial charge is 0.379 e. The number of ether oxygens (including phenoxy) is 1. The molecule has 0 aromatic heterocycles. The first-order valence-corrected chi connectivity index (χ1v) is 11.3. The number of carbonyl (C=O) groups excluding carboxylic acids is 1. The van der Waals surface area contributed by atoms with Crippen molar-refractivity contribution in [2.75, 3.05) is 72.6 Å². The summed E-state index contributed by atoms with van der Waals surface area (Å²) in [5, 5.41) is 4.15. The molecule has 1 aromatic carbocycles. The first-order valence-electron chi connectivity index (χ1n) is 10.9. The van der Waals surface area contributed by atoms with E-state index in [0.717, 1.165) is 83.5 Å². The van der Waals surface area contributed by atoms with Gasteiger partial charge in [-0.2, -0.15) is 0 Å². The number of amides is 1. The lowest BCUT2D eigenvalue weighted by molar-refractivity contribution is -0.131. The molecule has 0 radical (unpaired) electrons. The molecule has 1 N–H and O–H groups in total. The Bertz CT molecular complexity index is 707. The van der Waals surface area contributed by atoms with Crippen molar-refractivity contribution in [2.45, 2.75) is 19.3 Å². The van der Waals surface area contributed by atoms with Crippen LogP contribution < -0.4 is 5.32 Å². The SMILES string of the molecule is CN=C(NCCCCN1CCOCC1)N1CCN(C(=O)Cc2cccc(Cl)c2)CC1.I. The van der Waals surface area contributed by atoms with E-state index in [0.29, 0.717) is 11.4 Å². The van der Waals surface area contributed by atoms with Crippen molar-refractivity contribution in [1.29, 1.82) is 0 Å². The summed E-state index contributed by atoms with van der Waals surface area (Å²) in [4.78, 5) is 23.7. The number of rotatable bonds is 7. The average Bonchev–Trinajstić information content (AvgIpc) is 2.77. The van der Waals surface area contributed by atoms with E-state index in [4.69, 9.17) is 16.3 Å². The van der Waals surface area contributed by atoms with Gasteiger partial charge in [-0.3, -0.25) is 14.7 Å². The van der Waals surface area contributed by atoms with Crippen LogP contribution in [0.15, 0.2) is 29.3 Å². The van der Waals surface area contributed by atoms with Gasteiger partial charge in [0.25, 0.3) is 0 Å². The first kappa shape index (κ1) is 26.2. The highest BCUT2D eigenvalue weighted by molar-refractivity contribution is 14.0. The number of nitrogens with zero attached hydrogens (tertiary/aromatic N) is 4. The monoisotopic (exact) mass is 563 g/mol. The normalized spacial score (nSPS) is 17.9. The van der Waals surface area contributed by atoms with Crippen LogP contribution in [0.4, 0.5) is 0 Å². The minimum atomic E-state index is 0. The van der Waals surface area contributed by atoms with Gasteiger partial charge in [-0.15, -0.1) is 24.0 Å². The van der Waals surface area contributed by atoms with Gasteiger partial charge in [0.1, 0.15) is 0 Å². The van der Waals surface area contributed by atoms with E-state index >= 15 is 0 Å². The third kappa shape index (κ3) is 8.75. The van der Waals surface area contributed by atoms with Crippen LogP contribution in [-0.2, 0) is 16.0 Å². The Labute approximate surface area is 208 Å². The second kappa shape index (κ2) is 14.1. The van der Waals surface area contributed by atoms with Crippen LogP contribution in [0.3, 0.4) is 0 Å². The smallest absolute Gasteiger partial charge is 0.227 e. The van der Waals surface area contributed by atoms with Crippen LogP contribution >= 0.6 is 35.6 Å². The van der Waals surface area contributed by atoms with Crippen LogP contribution in [0.2, 0.25) is 5.02 Å². The number of hydrogen-bond donors (Lipinski definition) is 1. The van der Waals surface area contributed by atoms with Gasteiger partial charge >= 0.3 is 0 Å². The maximum absolute atomic E-state index is 12.6. The number of piperazine rings is 1. The van der Waals surface area contributed by atoms with Crippen LogP contribution in [0.1, 0.15) is 18.4 Å². The Hall–Kier alpha value is -1.10. The molecule has 2 heterocycles. The fourth-order valence-electron chi connectivity index (χ4n) is 3.92. The lowest BCUT2D eigenvalue weighted by Gasteiger charge is -2.36. The molecule has 0 bridgehead atoms. The van der Waals surface area contributed by atoms with Gasteiger partial charge in [0, 0.05) is 57.9 Å². The second-order valence-electron chi connectivity index (χ2n) is 7.81. The van der Waals surface area contributed by atoms with Gasteiger partial charge in [0.15, 0.2) is 5.96 Å². The Morgan fingerprint density at radius 3 is 2.48 bits per heavy atom. The molecule has 1 amide bonds. The van der Waals surface area contributed by atoms with Crippen molar-refractivity contribution < 1.29 is 9.53 Å². The van der Waals surface area contributed by atoms with Gasteiger partial charge in [-0.1, -0.05) is 23.7 Å². The lowest BCUT2D eigenvalue weighted by atomic mass is 10.1. The van der Waals surface area contributed by atoms with Crippen LogP contribution in [0.25, 0.3) is 0 Å². The van der Waals surface area contributed by atoms with E-state index in [9.17, 15) is 4.79 Å². The number of nitrogens with one attached hydrogen (secondary N) is 1. The molecule has 3 rings (SSSR count). The number of guanidine groups is 1. The van der Waals surface area contributed by atoms with Gasteiger partial charge in [-0.05, 0) is 37.1 Å². The molecule has 9 heteroatoms. The minimum absolute atomic E-state index is 0. The molecule has 2 fully saturated rings. The van der Waals surface area contributed by atoms with Crippen LogP contribution in [-0.4, -0.2) is 99.2 Å². The molecule has 174 valence electrons. The van der Waals surface area contributed by atoms with E-state index in [-0.39, 0.29) is 29.9 Å². The van der Waals surface area contributed by atoms with Gasteiger partial charge in [0.05, 0.1) is 19.6 Å². The number of aliphatic imine (C=N–C) groups is 1. The third-order valence-corrected chi connectivity index (χ3v) is 5.91. The highest BCUT2D eigenvalue weighted by Gasteiger charge is 2.23. The molecule has 0 unspecified atom stereocenters. The molecular weight excluding hydrogens is 529 g/mol. The van der Waals surface area contributed by atoms with Gasteiger partial charge in [0.2, 0.25) is 5.91 Å². The summed E-state index contributed by atoms with van der Waals surface area (Å²) in [6.45, 7) is 8.92. The number of morpholine rings is 1. The Morgan fingerprint density at radius 1 is 1.10 bits per heavy atom. The summed E-state index contributed by atoms with van der Waals surface area (Å²) in [5.74, 6) is 1.09. The lowest BCUT2D eigenvalue weighted by Crippen LogP contribution is -2.54. The number of hydrogen-bond acceptors (Lipinski definition) is 4. The molecule has 2 aliphatic rings. The Kier molecular flexibility index (Phi) is 11.9. The van der Waals surface area contributed by atoms with E-state index in [1.807, 2.05) is 36.2 Å². The second-order valence-corrected chi connectivity index (χ2v) is 8.25. The Morgan fingerprint density at radius 2 is 1.81 bits per heavy atom. The van der Waals surface area contributed by atoms with Crippen molar-refractivity contribution in [1.82, 2.24) is 20.0 Å². The van der Waals surface area contributed by atoms with E-state index in [2.05, 4.69) is 20.1 Å². The number of halogens is 2. The highest BCUT2D eigenvalue weighted by Crippen LogP contribution is 2.13. The van der Waals surface area contributed by atoms with Crippen molar-refractivity contribution >= 4 is 47.4 Å². The zero-order valence-corrected chi connectivity index (χ0v) is 21.5. The number of benzene rings is 1. The Balaban J connectivity index is 0.00000341. The van der Waals surface area contributed by atoms with Crippen LogP contribution in [0.5, 0.6) is 0 Å². The van der Waals surface area contributed by atoms with E-state index in [1.165, 1.54) is 6.42 Å². The molecule has 7 nitrogen and oxygen atoms in total. The van der Waals surface area contributed by atoms with E-state index in [1.54, 1.807) is 0 Å². The maximum atomic E-state index is 12.6. The molecule has 1 aromatic rings. The fraction of sp³-hybridized carbons (Fsp3) is 0.636. The quantitative estimate of drug-likeness (QED) is 0.239. The standard InChI is InChI=1S/C22H34ClN5O2.HI/c1-24-22(25-7-2-3-8-26-13-15-30-16-14-26)28-11-9-27(10-12-28)21(29)18-19-5-4-6-20(23)17-19;/h4-6,17H,2-3,7-16,18H2,1H3,(H,24,25);1H.